The summed E-state index contributed by atoms with van der Waals surface area (Å²) < 4.78 is 16.7. The molecule has 0 bridgehead atoms. The van der Waals surface area contributed by atoms with Crippen molar-refractivity contribution in [1.82, 2.24) is 0 Å². The van der Waals surface area contributed by atoms with Crippen LogP contribution in [0, 0.1) is 0 Å². The number of nitrogens with zero attached hydrogens (tertiary/aromatic N) is 1. The van der Waals surface area contributed by atoms with Gasteiger partial charge in [-0.15, -0.1) is 0 Å². The van der Waals surface area contributed by atoms with Gasteiger partial charge in [0.1, 0.15) is 23.0 Å². The van der Waals surface area contributed by atoms with E-state index in [1.165, 1.54) is 6.08 Å². The highest BCUT2D eigenvalue weighted by atomic mass is 35.5. The van der Waals surface area contributed by atoms with E-state index in [0.717, 1.165) is 19.3 Å². The Bertz CT molecular complexity index is 611. The van der Waals surface area contributed by atoms with Gasteiger partial charge < -0.3 is 19.0 Å². The lowest BCUT2D eigenvalue weighted by atomic mass is 10.2. The standard InChI is InChI=1S/C19H25Cl4NO4/c1-14(2)28-24-7-11-25-8-4-3-5-9-27-19-16(20)12-15(13-17(19)21)26-10-6-18(22)23/h6-7,12-14H,3-5,8-11H2,1-2H3. The fourth-order valence-electron chi connectivity index (χ4n) is 1.95. The van der Waals surface area contributed by atoms with Gasteiger partial charge in [0.15, 0.2) is 5.75 Å². The first-order chi connectivity index (χ1) is 13.4. The van der Waals surface area contributed by atoms with Crippen molar-refractivity contribution in [3.05, 3.63) is 32.7 Å². The minimum Gasteiger partial charge on any atom is -0.490 e. The third kappa shape index (κ3) is 11.9. The van der Waals surface area contributed by atoms with Crippen LogP contribution in [0.3, 0.4) is 0 Å². The number of rotatable bonds is 14. The minimum atomic E-state index is 0.0779. The van der Waals surface area contributed by atoms with Gasteiger partial charge in [-0.3, -0.25) is 0 Å². The van der Waals surface area contributed by atoms with Gasteiger partial charge in [0, 0.05) is 18.7 Å². The molecule has 0 fully saturated rings. The number of unbranched alkanes of at least 4 members (excludes halogenated alkanes) is 2. The Kier molecular flexibility index (Phi) is 13.5. The second-order valence-electron chi connectivity index (χ2n) is 5.95. The van der Waals surface area contributed by atoms with Crippen molar-refractivity contribution in [3.8, 4) is 11.5 Å². The molecular weight excluding hydrogens is 448 g/mol. The number of hydrogen-bond acceptors (Lipinski definition) is 5. The molecule has 5 nitrogen and oxygen atoms in total. The molecule has 1 aromatic rings. The smallest absolute Gasteiger partial charge is 0.156 e. The van der Waals surface area contributed by atoms with Gasteiger partial charge in [0.25, 0.3) is 0 Å². The van der Waals surface area contributed by atoms with Gasteiger partial charge in [-0.25, -0.2) is 0 Å². The summed E-state index contributed by atoms with van der Waals surface area (Å²) in [5, 5.41) is 4.55. The van der Waals surface area contributed by atoms with Crippen LogP contribution in [-0.4, -0.2) is 38.7 Å². The maximum Gasteiger partial charge on any atom is 0.156 e. The fourth-order valence-corrected chi connectivity index (χ4v) is 2.65. The lowest BCUT2D eigenvalue weighted by Gasteiger charge is -2.12. The van der Waals surface area contributed by atoms with Crippen molar-refractivity contribution in [1.29, 1.82) is 0 Å². The molecule has 0 aliphatic rings. The first-order valence-corrected chi connectivity index (χ1v) is 10.4. The van der Waals surface area contributed by atoms with E-state index in [9.17, 15) is 0 Å². The predicted molar refractivity (Wildman–Crippen MR) is 117 cm³/mol. The second kappa shape index (κ2) is 15.1. The van der Waals surface area contributed by atoms with Crippen LogP contribution in [0.15, 0.2) is 27.9 Å². The average Bonchev–Trinajstić information content (AvgIpc) is 2.61. The van der Waals surface area contributed by atoms with E-state index in [0.29, 0.717) is 41.4 Å². The zero-order valence-electron chi connectivity index (χ0n) is 15.9. The van der Waals surface area contributed by atoms with Gasteiger partial charge in [-0.1, -0.05) is 51.6 Å². The average molecular weight is 473 g/mol. The lowest BCUT2D eigenvalue weighted by Crippen LogP contribution is -2.02. The molecule has 0 saturated heterocycles. The third-order valence-electron chi connectivity index (χ3n) is 3.18. The summed E-state index contributed by atoms with van der Waals surface area (Å²) in [6.45, 7) is 5.65. The van der Waals surface area contributed by atoms with E-state index in [2.05, 4.69) is 5.16 Å². The topological polar surface area (TPSA) is 49.3 Å². The molecule has 158 valence electrons. The second-order valence-corrected chi connectivity index (χ2v) is 7.77. The predicted octanol–water partition coefficient (Wildman–Crippen LogP) is 6.67. The largest absolute Gasteiger partial charge is 0.490 e. The molecule has 1 aromatic carbocycles. The fraction of sp³-hybridized carbons (Fsp3) is 0.526. The first kappa shape index (κ1) is 25.2. The van der Waals surface area contributed by atoms with Crippen molar-refractivity contribution in [2.75, 3.05) is 26.4 Å². The summed E-state index contributed by atoms with van der Waals surface area (Å²) in [5.74, 6) is 0.951. The number of oxime groups is 1. The molecule has 0 heterocycles. The van der Waals surface area contributed by atoms with Gasteiger partial charge in [-0.2, -0.15) is 0 Å². The molecule has 0 saturated carbocycles. The van der Waals surface area contributed by atoms with Crippen molar-refractivity contribution >= 4 is 52.6 Å². The lowest BCUT2D eigenvalue weighted by molar-refractivity contribution is 0.0840. The molecule has 0 atom stereocenters. The Labute approximate surface area is 186 Å². The van der Waals surface area contributed by atoms with Crippen LogP contribution in [0.25, 0.3) is 0 Å². The summed E-state index contributed by atoms with van der Waals surface area (Å²) >= 11 is 23.5. The summed E-state index contributed by atoms with van der Waals surface area (Å²) in [4.78, 5) is 5.03. The van der Waals surface area contributed by atoms with Crippen LogP contribution < -0.4 is 9.47 Å². The molecule has 0 unspecified atom stereocenters. The van der Waals surface area contributed by atoms with Gasteiger partial charge >= 0.3 is 0 Å². The van der Waals surface area contributed by atoms with Crippen LogP contribution in [-0.2, 0) is 9.57 Å². The van der Waals surface area contributed by atoms with Crippen LogP contribution in [0.1, 0.15) is 33.1 Å². The highest BCUT2D eigenvalue weighted by Gasteiger charge is 2.10. The summed E-state index contributed by atoms with van der Waals surface area (Å²) in [6, 6.07) is 3.27. The molecule has 0 amide bonds. The maximum absolute atomic E-state index is 6.22. The molecular formula is C19H25Cl4NO4. The summed E-state index contributed by atoms with van der Waals surface area (Å²) in [6.07, 6.45) is 5.95. The van der Waals surface area contributed by atoms with E-state index in [1.807, 2.05) is 13.8 Å². The molecule has 0 spiro atoms. The van der Waals surface area contributed by atoms with Crippen LogP contribution >= 0.6 is 46.4 Å². The van der Waals surface area contributed by atoms with Crippen LogP contribution in [0.2, 0.25) is 10.0 Å². The Balaban J connectivity index is 2.21. The minimum absolute atomic E-state index is 0.0779. The van der Waals surface area contributed by atoms with Gasteiger partial charge in [0.2, 0.25) is 0 Å². The highest BCUT2D eigenvalue weighted by Crippen LogP contribution is 2.37. The van der Waals surface area contributed by atoms with E-state index in [4.69, 9.17) is 65.5 Å². The molecule has 0 aliphatic heterocycles. The summed E-state index contributed by atoms with van der Waals surface area (Å²) in [5.41, 5.74) is 0. The quantitative estimate of drug-likeness (QED) is 0.172. The third-order valence-corrected chi connectivity index (χ3v) is 4.05. The molecule has 9 heteroatoms. The molecule has 28 heavy (non-hydrogen) atoms. The SMILES string of the molecule is CC(C)ON=CCOCCCCCOc1c(Cl)cc(OCC=C(Cl)Cl)cc1Cl. The zero-order chi connectivity index (χ0) is 20.8. The maximum atomic E-state index is 6.22. The number of ether oxygens (including phenoxy) is 3. The highest BCUT2D eigenvalue weighted by molar-refractivity contribution is 6.55. The molecule has 1 rings (SSSR count). The van der Waals surface area contributed by atoms with Crippen LogP contribution in [0.5, 0.6) is 11.5 Å². The van der Waals surface area contributed by atoms with Crippen LogP contribution in [0.4, 0.5) is 0 Å². The van der Waals surface area contributed by atoms with E-state index in [-0.39, 0.29) is 17.2 Å². The Morgan fingerprint density at radius 1 is 1.00 bits per heavy atom. The number of hydrogen-bond donors (Lipinski definition) is 0. The Hall–Kier alpha value is -0.850. The van der Waals surface area contributed by atoms with Crippen molar-refractivity contribution in [2.24, 2.45) is 5.16 Å². The Morgan fingerprint density at radius 3 is 2.32 bits per heavy atom. The van der Waals surface area contributed by atoms with E-state index in [1.54, 1.807) is 18.3 Å². The molecule has 0 N–H and O–H groups in total. The summed E-state index contributed by atoms with van der Waals surface area (Å²) in [7, 11) is 0. The van der Waals surface area contributed by atoms with Gasteiger partial charge in [0.05, 0.1) is 29.5 Å². The normalized spacial score (nSPS) is 11.1. The van der Waals surface area contributed by atoms with Crippen molar-refractivity contribution in [2.45, 2.75) is 39.2 Å². The van der Waals surface area contributed by atoms with E-state index >= 15 is 0 Å². The molecule has 0 radical (unpaired) electrons. The first-order valence-electron chi connectivity index (χ1n) is 8.91. The number of halogens is 4. The molecule has 0 aromatic heterocycles. The molecule has 0 aliphatic carbocycles. The van der Waals surface area contributed by atoms with E-state index < -0.39 is 0 Å². The van der Waals surface area contributed by atoms with Crippen molar-refractivity contribution < 1.29 is 19.0 Å². The Morgan fingerprint density at radius 2 is 1.68 bits per heavy atom. The van der Waals surface area contributed by atoms with Gasteiger partial charge in [-0.05, 0) is 39.2 Å². The van der Waals surface area contributed by atoms with Crippen molar-refractivity contribution in [3.63, 3.8) is 0 Å². The number of benzene rings is 1. The monoisotopic (exact) mass is 471 g/mol. The zero-order valence-corrected chi connectivity index (χ0v) is 19.0.